The zero-order valence-corrected chi connectivity index (χ0v) is 12.6. The Morgan fingerprint density at radius 2 is 1.58 bits per heavy atom. The van der Waals surface area contributed by atoms with Gasteiger partial charge in [0.05, 0.1) is 26.2 Å². The number of amidine groups is 1. The van der Waals surface area contributed by atoms with Gasteiger partial charge in [-0.25, -0.2) is 0 Å². The van der Waals surface area contributed by atoms with E-state index in [-0.39, 0.29) is 0 Å². The number of rotatable bonds is 4. The highest BCUT2D eigenvalue weighted by Gasteiger charge is 2.16. The standard InChI is InChI=1S/C17H25N2/c1-5-18(6-2)17(19(7-3)8-4)15-14-16-12-10-9-11-13-16/h9-13H,5-8H2,1-4H3/q+1. The fourth-order valence-electron chi connectivity index (χ4n) is 2.05. The molecule has 0 aliphatic rings. The Morgan fingerprint density at radius 3 is 2.05 bits per heavy atom. The van der Waals surface area contributed by atoms with E-state index in [9.17, 15) is 0 Å². The molecule has 1 aromatic rings. The van der Waals surface area contributed by atoms with Gasteiger partial charge in [-0.2, -0.15) is 0 Å². The van der Waals surface area contributed by atoms with Gasteiger partial charge in [0.2, 0.25) is 0 Å². The molecule has 0 spiro atoms. The lowest BCUT2D eigenvalue weighted by atomic mass is 10.2. The molecule has 0 unspecified atom stereocenters. The molecular formula is C17H25N2+. The fraction of sp³-hybridized carbons (Fsp3) is 0.471. The van der Waals surface area contributed by atoms with Crippen LogP contribution < -0.4 is 0 Å². The second-order valence-electron chi connectivity index (χ2n) is 4.28. The van der Waals surface area contributed by atoms with Crippen LogP contribution in [0, 0.1) is 11.8 Å². The third kappa shape index (κ3) is 4.44. The van der Waals surface area contributed by atoms with E-state index in [1.54, 1.807) is 0 Å². The summed E-state index contributed by atoms with van der Waals surface area (Å²) in [7, 11) is 0. The quantitative estimate of drug-likeness (QED) is 0.348. The van der Waals surface area contributed by atoms with Crippen LogP contribution in [-0.4, -0.2) is 41.5 Å². The van der Waals surface area contributed by atoms with Crippen LogP contribution in [0.15, 0.2) is 30.3 Å². The van der Waals surface area contributed by atoms with Crippen molar-refractivity contribution < 1.29 is 4.58 Å². The van der Waals surface area contributed by atoms with E-state index in [0.29, 0.717) is 0 Å². The molecule has 0 fully saturated rings. The first-order valence-electron chi connectivity index (χ1n) is 7.20. The Kier molecular flexibility index (Phi) is 6.74. The lowest BCUT2D eigenvalue weighted by Gasteiger charge is -2.15. The molecule has 0 N–H and O–H groups in total. The van der Waals surface area contributed by atoms with Crippen LogP contribution in [0.3, 0.4) is 0 Å². The predicted octanol–water partition coefficient (Wildman–Crippen LogP) is 2.83. The first-order chi connectivity index (χ1) is 9.26. The lowest BCUT2D eigenvalue weighted by Crippen LogP contribution is -2.37. The van der Waals surface area contributed by atoms with Gasteiger partial charge in [-0.3, -0.25) is 9.48 Å². The highest BCUT2D eigenvalue weighted by Crippen LogP contribution is 1.97. The maximum absolute atomic E-state index is 3.36. The summed E-state index contributed by atoms with van der Waals surface area (Å²) < 4.78 is 2.32. The highest BCUT2D eigenvalue weighted by molar-refractivity contribution is 5.95. The van der Waals surface area contributed by atoms with Gasteiger partial charge in [0.25, 0.3) is 0 Å². The van der Waals surface area contributed by atoms with Crippen molar-refractivity contribution in [2.45, 2.75) is 27.7 Å². The number of nitrogens with zero attached hydrogens (tertiary/aromatic N) is 2. The van der Waals surface area contributed by atoms with E-state index >= 15 is 0 Å². The van der Waals surface area contributed by atoms with E-state index in [0.717, 1.165) is 37.6 Å². The topological polar surface area (TPSA) is 6.25 Å². The average Bonchev–Trinajstić information content (AvgIpc) is 2.47. The van der Waals surface area contributed by atoms with Gasteiger partial charge in [-0.1, -0.05) is 24.1 Å². The van der Waals surface area contributed by atoms with Gasteiger partial charge in [-0.05, 0) is 39.8 Å². The van der Waals surface area contributed by atoms with Gasteiger partial charge >= 0.3 is 5.84 Å². The Bertz CT molecular complexity index is 453. The van der Waals surface area contributed by atoms with E-state index in [1.165, 1.54) is 0 Å². The molecule has 1 rings (SSSR count). The molecular weight excluding hydrogens is 232 g/mol. The van der Waals surface area contributed by atoms with Crippen LogP contribution in [0.1, 0.15) is 33.3 Å². The molecule has 102 valence electrons. The predicted molar refractivity (Wildman–Crippen MR) is 82.6 cm³/mol. The summed E-state index contributed by atoms with van der Waals surface area (Å²) in [6.07, 6.45) is 0. The maximum Gasteiger partial charge on any atom is 0.325 e. The van der Waals surface area contributed by atoms with E-state index in [2.05, 4.69) is 61.1 Å². The Morgan fingerprint density at radius 1 is 1.00 bits per heavy atom. The molecule has 0 heterocycles. The molecule has 0 amide bonds. The lowest BCUT2D eigenvalue weighted by molar-refractivity contribution is -0.524. The molecule has 0 saturated carbocycles. The molecule has 0 saturated heterocycles. The zero-order valence-electron chi connectivity index (χ0n) is 12.6. The molecule has 2 nitrogen and oxygen atoms in total. The summed E-state index contributed by atoms with van der Waals surface area (Å²) in [5.74, 6) is 7.77. The van der Waals surface area contributed by atoms with Crippen molar-refractivity contribution in [3.05, 3.63) is 35.9 Å². The fourth-order valence-corrected chi connectivity index (χ4v) is 2.05. The molecule has 0 aliphatic heterocycles. The molecule has 0 radical (unpaired) electrons. The highest BCUT2D eigenvalue weighted by atomic mass is 15.2. The van der Waals surface area contributed by atoms with Gasteiger partial charge < -0.3 is 0 Å². The van der Waals surface area contributed by atoms with Crippen LogP contribution in [-0.2, 0) is 0 Å². The largest absolute Gasteiger partial charge is 0.325 e. The summed E-state index contributed by atoms with van der Waals surface area (Å²) >= 11 is 0. The number of hydrogen-bond donors (Lipinski definition) is 0. The second-order valence-corrected chi connectivity index (χ2v) is 4.28. The third-order valence-electron chi connectivity index (χ3n) is 3.22. The van der Waals surface area contributed by atoms with Gasteiger partial charge in [0.15, 0.2) is 0 Å². The monoisotopic (exact) mass is 257 g/mol. The van der Waals surface area contributed by atoms with Crippen LogP contribution in [0.2, 0.25) is 0 Å². The summed E-state index contributed by atoms with van der Waals surface area (Å²) in [4.78, 5) is 2.32. The van der Waals surface area contributed by atoms with Crippen molar-refractivity contribution in [1.29, 1.82) is 0 Å². The SMILES string of the molecule is CCN(CC)C(C#Cc1ccccc1)=[N+](CC)CC. The smallest absolute Gasteiger partial charge is 0.255 e. The molecule has 1 aromatic carbocycles. The molecule has 0 atom stereocenters. The van der Waals surface area contributed by atoms with Crippen LogP contribution in [0.25, 0.3) is 0 Å². The summed E-state index contributed by atoms with van der Waals surface area (Å²) in [5, 5.41) is 0. The average molecular weight is 257 g/mol. The second kappa shape index (κ2) is 8.37. The summed E-state index contributed by atoms with van der Waals surface area (Å²) in [6.45, 7) is 12.7. The van der Waals surface area contributed by atoms with E-state index in [4.69, 9.17) is 0 Å². The molecule has 19 heavy (non-hydrogen) atoms. The zero-order chi connectivity index (χ0) is 14.1. The first kappa shape index (κ1) is 15.3. The summed E-state index contributed by atoms with van der Waals surface area (Å²) in [5.41, 5.74) is 1.07. The van der Waals surface area contributed by atoms with Crippen LogP contribution >= 0.6 is 0 Å². The van der Waals surface area contributed by atoms with Crippen LogP contribution in [0.4, 0.5) is 0 Å². The minimum absolute atomic E-state index is 0.992. The molecule has 0 bridgehead atoms. The van der Waals surface area contributed by atoms with Gasteiger partial charge in [0.1, 0.15) is 0 Å². The van der Waals surface area contributed by atoms with Crippen molar-refractivity contribution in [3.8, 4) is 11.8 Å². The molecule has 0 aliphatic carbocycles. The minimum atomic E-state index is 0.992. The summed E-state index contributed by atoms with van der Waals surface area (Å²) in [6, 6.07) is 10.2. The van der Waals surface area contributed by atoms with Crippen molar-refractivity contribution in [3.63, 3.8) is 0 Å². The third-order valence-corrected chi connectivity index (χ3v) is 3.22. The normalized spacial score (nSPS) is 9.47. The van der Waals surface area contributed by atoms with Gasteiger partial charge in [-0.15, -0.1) is 0 Å². The number of benzene rings is 1. The van der Waals surface area contributed by atoms with Crippen molar-refractivity contribution in [1.82, 2.24) is 4.90 Å². The van der Waals surface area contributed by atoms with Gasteiger partial charge in [0, 0.05) is 11.5 Å². The molecule has 0 aromatic heterocycles. The maximum atomic E-state index is 3.36. The van der Waals surface area contributed by atoms with Crippen molar-refractivity contribution >= 4 is 5.84 Å². The van der Waals surface area contributed by atoms with Crippen LogP contribution in [0.5, 0.6) is 0 Å². The van der Waals surface area contributed by atoms with E-state index < -0.39 is 0 Å². The van der Waals surface area contributed by atoms with E-state index in [1.807, 2.05) is 18.2 Å². The van der Waals surface area contributed by atoms with Crippen molar-refractivity contribution in [2.75, 3.05) is 26.2 Å². The Balaban J connectivity index is 3.12. The van der Waals surface area contributed by atoms with Crippen molar-refractivity contribution in [2.24, 2.45) is 0 Å². The molecule has 2 heteroatoms. The minimum Gasteiger partial charge on any atom is -0.255 e. The first-order valence-corrected chi connectivity index (χ1v) is 7.20. The Labute approximate surface area is 117 Å². The number of hydrogen-bond acceptors (Lipinski definition) is 0. The Hall–Kier alpha value is -1.75.